The van der Waals surface area contributed by atoms with Crippen LogP contribution in [0.15, 0.2) is 18.2 Å². The van der Waals surface area contributed by atoms with Gasteiger partial charge < -0.3 is 15.3 Å². The Bertz CT molecular complexity index is 396. The van der Waals surface area contributed by atoms with Crippen molar-refractivity contribution in [2.75, 3.05) is 27.2 Å². The van der Waals surface area contributed by atoms with Gasteiger partial charge in [0, 0.05) is 19.7 Å². The van der Waals surface area contributed by atoms with Gasteiger partial charge in [-0.05, 0) is 32.1 Å². The summed E-state index contributed by atoms with van der Waals surface area (Å²) in [7, 11) is 3.46. The Labute approximate surface area is 100 Å². The lowest BCUT2D eigenvalue weighted by Gasteiger charge is -2.17. The van der Waals surface area contributed by atoms with Gasteiger partial charge in [-0.15, -0.1) is 0 Å². The van der Waals surface area contributed by atoms with Crippen molar-refractivity contribution in [3.8, 4) is 5.75 Å². The summed E-state index contributed by atoms with van der Waals surface area (Å²) >= 11 is 0. The summed E-state index contributed by atoms with van der Waals surface area (Å²) in [4.78, 5) is 13.3. The van der Waals surface area contributed by atoms with Crippen LogP contribution in [0.3, 0.4) is 0 Å². The summed E-state index contributed by atoms with van der Waals surface area (Å²) < 4.78 is 13.4. The second-order valence-corrected chi connectivity index (χ2v) is 3.85. The van der Waals surface area contributed by atoms with E-state index >= 15 is 0 Å². The van der Waals surface area contributed by atoms with E-state index in [1.807, 2.05) is 7.05 Å². The minimum atomic E-state index is -0.699. The van der Waals surface area contributed by atoms with E-state index < -0.39 is 5.82 Å². The highest BCUT2D eigenvalue weighted by atomic mass is 19.1. The Balaban J connectivity index is 2.68. The van der Waals surface area contributed by atoms with Crippen LogP contribution in [0.1, 0.15) is 16.8 Å². The van der Waals surface area contributed by atoms with Crippen LogP contribution in [0.25, 0.3) is 0 Å². The van der Waals surface area contributed by atoms with Gasteiger partial charge in [0.2, 0.25) is 0 Å². The Morgan fingerprint density at radius 3 is 2.82 bits per heavy atom. The smallest absolute Gasteiger partial charge is 0.256 e. The number of carbonyl (C=O) groups excluding carboxylic acids is 1. The van der Waals surface area contributed by atoms with Crippen molar-refractivity contribution in [1.82, 2.24) is 10.2 Å². The first-order valence-corrected chi connectivity index (χ1v) is 5.45. The number of hydrogen-bond donors (Lipinski definition) is 2. The van der Waals surface area contributed by atoms with Gasteiger partial charge in [0.1, 0.15) is 11.6 Å². The minimum Gasteiger partial charge on any atom is -0.508 e. The SMILES string of the molecule is CNCCCN(C)C(=O)c1ccc(O)cc1F. The van der Waals surface area contributed by atoms with Crippen molar-refractivity contribution in [3.63, 3.8) is 0 Å². The summed E-state index contributed by atoms with van der Waals surface area (Å²) in [5.74, 6) is -1.26. The van der Waals surface area contributed by atoms with E-state index in [4.69, 9.17) is 5.11 Å². The summed E-state index contributed by atoms with van der Waals surface area (Å²) in [6.45, 7) is 1.36. The first-order chi connectivity index (χ1) is 8.06. The second-order valence-electron chi connectivity index (χ2n) is 3.85. The van der Waals surface area contributed by atoms with Crippen LogP contribution in [0, 0.1) is 5.82 Å². The van der Waals surface area contributed by atoms with Crippen molar-refractivity contribution >= 4 is 5.91 Å². The number of phenolic OH excluding ortho intramolecular Hbond substituents is 1. The Morgan fingerprint density at radius 1 is 1.53 bits per heavy atom. The predicted molar refractivity (Wildman–Crippen MR) is 63.6 cm³/mol. The van der Waals surface area contributed by atoms with Gasteiger partial charge in [-0.2, -0.15) is 0 Å². The molecule has 0 atom stereocenters. The topological polar surface area (TPSA) is 52.6 Å². The van der Waals surface area contributed by atoms with Crippen LogP contribution in [0.5, 0.6) is 5.75 Å². The van der Waals surface area contributed by atoms with E-state index in [9.17, 15) is 9.18 Å². The highest BCUT2D eigenvalue weighted by molar-refractivity contribution is 5.94. The Hall–Kier alpha value is -1.62. The van der Waals surface area contributed by atoms with Crippen LogP contribution in [0.2, 0.25) is 0 Å². The molecule has 0 radical (unpaired) electrons. The molecule has 0 saturated carbocycles. The molecule has 1 rings (SSSR count). The maximum absolute atomic E-state index is 13.4. The first-order valence-electron chi connectivity index (χ1n) is 5.45. The molecule has 0 aliphatic heterocycles. The zero-order valence-electron chi connectivity index (χ0n) is 10.0. The zero-order chi connectivity index (χ0) is 12.8. The van der Waals surface area contributed by atoms with E-state index in [0.29, 0.717) is 6.54 Å². The van der Waals surface area contributed by atoms with Crippen LogP contribution < -0.4 is 5.32 Å². The van der Waals surface area contributed by atoms with Crippen LogP contribution in [-0.2, 0) is 0 Å². The maximum atomic E-state index is 13.4. The molecule has 2 N–H and O–H groups in total. The van der Waals surface area contributed by atoms with Crippen molar-refractivity contribution in [3.05, 3.63) is 29.6 Å². The molecule has 94 valence electrons. The van der Waals surface area contributed by atoms with Crippen LogP contribution >= 0.6 is 0 Å². The molecule has 0 aliphatic rings. The molecule has 0 aromatic heterocycles. The third-order valence-corrected chi connectivity index (χ3v) is 2.45. The molecular formula is C12H17FN2O2. The fourth-order valence-corrected chi connectivity index (χ4v) is 1.48. The highest BCUT2D eigenvalue weighted by Gasteiger charge is 2.15. The molecule has 0 fully saturated rings. The first kappa shape index (κ1) is 13.4. The highest BCUT2D eigenvalue weighted by Crippen LogP contribution is 2.16. The fraction of sp³-hybridized carbons (Fsp3) is 0.417. The second kappa shape index (κ2) is 6.20. The van der Waals surface area contributed by atoms with E-state index in [1.54, 1.807) is 7.05 Å². The lowest BCUT2D eigenvalue weighted by molar-refractivity contribution is 0.0789. The molecule has 1 aromatic carbocycles. The zero-order valence-corrected chi connectivity index (χ0v) is 10.0. The standard InChI is InChI=1S/C12H17FN2O2/c1-14-6-3-7-15(2)12(17)10-5-4-9(16)8-11(10)13/h4-5,8,14,16H,3,6-7H2,1-2H3. The number of aromatic hydroxyl groups is 1. The summed E-state index contributed by atoms with van der Waals surface area (Å²) in [6, 6.07) is 3.54. The molecule has 1 aromatic rings. The summed E-state index contributed by atoms with van der Waals surface area (Å²) in [6.07, 6.45) is 0.804. The molecule has 17 heavy (non-hydrogen) atoms. The quantitative estimate of drug-likeness (QED) is 0.761. The number of amides is 1. The molecule has 5 heteroatoms. The van der Waals surface area contributed by atoms with Gasteiger partial charge in [-0.1, -0.05) is 0 Å². The minimum absolute atomic E-state index is 0.0187. The van der Waals surface area contributed by atoms with Gasteiger partial charge in [-0.3, -0.25) is 4.79 Å². The largest absolute Gasteiger partial charge is 0.508 e. The monoisotopic (exact) mass is 240 g/mol. The molecule has 1 amide bonds. The third-order valence-electron chi connectivity index (χ3n) is 2.45. The molecule has 0 bridgehead atoms. The molecule has 0 saturated heterocycles. The van der Waals surface area contributed by atoms with Gasteiger partial charge in [0.15, 0.2) is 0 Å². The Morgan fingerprint density at radius 2 is 2.24 bits per heavy atom. The number of nitrogens with zero attached hydrogens (tertiary/aromatic N) is 1. The summed E-state index contributed by atoms with van der Waals surface area (Å²) in [5, 5.41) is 12.0. The lowest BCUT2D eigenvalue weighted by Crippen LogP contribution is -2.30. The maximum Gasteiger partial charge on any atom is 0.256 e. The Kier molecular flexibility index (Phi) is 4.90. The van der Waals surface area contributed by atoms with E-state index in [1.165, 1.54) is 17.0 Å². The molecule has 4 nitrogen and oxygen atoms in total. The number of hydrogen-bond acceptors (Lipinski definition) is 3. The van der Waals surface area contributed by atoms with Crippen molar-refractivity contribution in [1.29, 1.82) is 0 Å². The van der Waals surface area contributed by atoms with E-state index in [2.05, 4.69) is 5.32 Å². The predicted octanol–water partition coefficient (Wildman–Crippen LogP) is 1.21. The van der Waals surface area contributed by atoms with Crippen LogP contribution in [0.4, 0.5) is 4.39 Å². The fourth-order valence-electron chi connectivity index (χ4n) is 1.48. The normalized spacial score (nSPS) is 10.3. The van der Waals surface area contributed by atoms with E-state index in [0.717, 1.165) is 19.0 Å². The average molecular weight is 240 g/mol. The summed E-state index contributed by atoms with van der Waals surface area (Å²) in [5.41, 5.74) is -0.0187. The molecule has 0 spiro atoms. The molecular weight excluding hydrogens is 223 g/mol. The van der Waals surface area contributed by atoms with Gasteiger partial charge in [0.25, 0.3) is 5.91 Å². The number of halogens is 1. The molecule has 0 heterocycles. The van der Waals surface area contributed by atoms with Gasteiger partial charge >= 0.3 is 0 Å². The number of phenols is 1. The number of benzene rings is 1. The average Bonchev–Trinajstić information content (AvgIpc) is 2.28. The third kappa shape index (κ3) is 3.71. The number of carbonyl (C=O) groups is 1. The van der Waals surface area contributed by atoms with E-state index in [-0.39, 0.29) is 17.2 Å². The number of rotatable bonds is 5. The lowest BCUT2D eigenvalue weighted by atomic mass is 10.1. The molecule has 0 unspecified atom stereocenters. The van der Waals surface area contributed by atoms with Gasteiger partial charge in [0.05, 0.1) is 5.56 Å². The van der Waals surface area contributed by atoms with Crippen LogP contribution in [-0.4, -0.2) is 43.1 Å². The van der Waals surface area contributed by atoms with Gasteiger partial charge in [-0.25, -0.2) is 4.39 Å². The van der Waals surface area contributed by atoms with Crippen molar-refractivity contribution < 1.29 is 14.3 Å². The number of nitrogens with one attached hydrogen (secondary N) is 1. The van der Waals surface area contributed by atoms with Crippen molar-refractivity contribution in [2.24, 2.45) is 0 Å². The van der Waals surface area contributed by atoms with Crippen molar-refractivity contribution in [2.45, 2.75) is 6.42 Å². The molecule has 0 aliphatic carbocycles.